The lowest BCUT2D eigenvalue weighted by molar-refractivity contribution is -0.265. The zero-order chi connectivity index (χ0) is 11.9. The number of rotatable bonds is 0. The Morgan fingerprint density at radius 3 is 1.53 bits per heavy atom. The highest BCUT2D eigenvalue weighted by Gasteiger charge is 2.53. The number of alkyl halides is 6. The summed E-state index contributed by atoms with van der Waals surface area (Å²) in [4.78, 5) is 0.267. The lowest BCUT2D eigenvalue weighted by Crippen LogP contribution is -2.60. The summed E-state index contributed by atoms with van der Waals surface area (Å²) in [6, 6.07) is -4.39. The van der Waals surface area contributed by atoms with Crippen LogP contribution in [0.15, 0.2) is 0 Å². The summed E-state index contributed by atoms with van der Waals surface area (Å²) in [5.41, 5.74) is 0. The summed E-state index contributed by atoms with van der Waals surface area (Å²) in [7, 11) is 0.804. The maximum Gasteiger partial charge on any atom is 0.406 e. The number of ether oxygens (including phenoxy) is 1. The zero-order valence-corrected chi connectivity index (χ0v) is 7.69. The van der Waals surface area contributed by atoms with Crippen LogP contribution in [0.4, 0.5) is 26.3 Å². The lowest BCUT2D eigenvalue weighted by atomic mass is 10.1. The van der Waals surface area contributed by atoms with Crippen molar-refractivity contribution in [2.75, 3.05) is 20.3 Å². The van der Waals surface area contributed by atoms with Crippen LogP contribution in [0.25, 0.3) is 0 Å². The van der Waals surface area contributed by atoms with Gasteiger partial charge >= 0.3 is 12.4 Å². The fourth-order valence-corrected chi connectivity index (χ4v) is 1.39. The van der Waals surface area contributed by atoms with E-state index in [0.29, 0.717) is 0 Å². The third-order valence-electron chi connectivity index (χ3n) is 2.29. The smallest absolute Gasteiger partial charge is 0.377 e. The van der Waals surface area contributed by atoms with Gasteiger partial charge in [-0.25, -0.2) is 0 Å². The second-order valence-corrected chi connectivity index (χ2v) is 3.32. The molecule has 2 nitrogen and oxygen atoms in total. The molecule has 0 amide bonds. The molecule has 8 heteroatoms. The van der Waals surface area contributed by atoms with E-state index >= 15 is 0 Å². The van der Waals surface area contributed by atoms with Crippen LogP contribution in [0.5, 0.6) is 0 Å². The Kier molecular flexibility index (Phi) is 3.20. The average molecular weight is 237 g/mol. The van der Waals surface area contributed by atoms with Gasteiger partial charge in [0.1, 0.15) is 12.1 Å². The van der Waals surface area contributed by atoms with E-state index < -0.39 is 37.7 Å². The largest absolute Gasteiger partial charge is 0.406 e. The summed E-state index contributed by atoms with van der Waals surface area (Å²) in [6.45, 7) is -1.51. The van der Waals surface area contributed by atoms with Crippen LogP contribution >= 0.6 is 0 Å². The second kappa shape index (κ2) is 3.82. The molecule has 1 rings (SSSR count). The first-order chi connectivity index (χ1) is 6.64. The van der Waals surface area contributed by atoms with E-state index in [9.17, 15) is 26.3 Å². The first-order valence-electron chi connectivity index (χ1n) is 4.07. The van der Waals surface area contributed by atoms with Gasteiger partial charge in [-0.1, -0.05) is 0 Å². The van der Waals surface area contributed by atoms with Gasteiger partial charge in [-0.15, -0.1) is 0 Å². The molecule has 1 heterocycles. The molecular weight excluding hydrogens is 228 g/mol. The molecule has 0 aromatic heterocycles. The fraction of sp³-hybridized carbons (Fsp3) is 1.00. The van der Waals surface area contributed by atoms with Gasteiger partial charge in [0.2, 0.25) is 0 Å². The first kappa shape index (κ1) is 12.6. The van der Waals surface area contributed by atoms with E-state index in [1.807, 2.05) is 0 Å². The maximum atomic E-state index is 12.3. The van der Waals surface area contributed by atoms with E-state index in [-0.39, 0.29) is 4.90 Å². The number of hydrogen-bond donors (Lipinski definition) is 0. The van der Waals surface area contributed by atoms with E-state index in [1.165, 1.54) is 0 Å². The molecule has 0 bridgehead atoms. The van der Waals surface area contributed by atoms with Crippen molar-refractivity contribution in [2.45, 2.75) is 24.4 Å². The van der Waals surface area contributed by atoms with Gasteiger partial charge in [0.05, 0.1) is 13.2 Å². The zero-order valence-electron chi connectivity index (χ0n) is 7.69. The Labute approximate surface area is 81.8 Å². The first-order valence-corrected chi connectivity index (χ1v) is 4.07. The Bertz CT molecular complexity index is 203. The third kappa shape index (κ3) is 2.75. The summed E-state index contributed by atoms with van der Waals surface area (Å²) in [6.07, 6.45) is -9.42. The van der Waals surface area contributed by atoms with Crippen molar-refractivity contribution < 1.29 is 31.1 Å². The third-order valence-corrected chi connectivity index (χ3v) is 2.29. The molecule has 15 heavy (non-hydrogen) atoms. The molecule has 1 aliphatic heterocycles. The molecule has 0 aromatic carbocycles. The molecule has 0 saturated carbocycles. The van der Waals surface area contributed by atoms with Crippen LogP contribution in [0.1, 0.15) is 0 Å². The minimum atomic E-state index is -4.71. The van der Waals surface area contributed by atoms with Crippen molar-refractivity contribution in [2.24, 2.45) is 0 Å². The van der Waals surface area contributed by atoms with Gasteiger partial charge in [-0.3, -0.25) is 4.90 Å². The number of morpholine rings is 1. The monoisotopic (exact) mass is 237 g/mol. The molecule has 1 aliphatic rings. The highest BCUT2D eigenvalue weighted by Crippen LogP contribution is 2.33. The van der Waals surface area contributed by atoms with Crippen LogP contribution in [0.3, 0.4) is 0 Å². The normalized spacial score (nSPS) is 30.6. The predicted molar refractivity (Wildman–Crippen MR) is 38.3 cm³/mol. The minimum absolute atomic E-state index is 0.267. The number of nitrogens with zero attached hydrogens (tertiary/aromatic N) is 1. The van der Waals surface area contributed by atoms with Crippen LogP contribution in [0, 0.1) is 0 Å². The Morgan fingerprint density at radius 1 is 0.933 bits per heavy atom. The molecule has 1 saturated heterocycles. The predicted octanol–water partition coefficient (Wildman–Crippen LogP) is 1.81. The number of hydrogen-bond acceptors (Lipinski definition) is 2. The highest BCUT2D eigenvalue weighted by atomic mass is 19.4. The molecule has 0 radical (unpaired) electrons. The van der Waals surface area contributed by atoms with Gasteiger partial charge in [0.25, 0.3) is 0 Å². The van der Waals surface area contributed by atoms with Crippen LogP contribution in [0.2, 0.25) is 0 Å². The van der Waals surface area contributed by atoms with Crippen molar-refractivity contribution in [3.63, 3.8) is 0 Å². The standard InChI is InChI=1S/C7H9F6NO/c1-14-4(6(8,9)10)2-15-3-5(14)7(11,12)13/h4-5H,2-3H2,1H3. The Morgan fingerprint density at radius 2 is 1.27 bits per heavy atom. The molecule has 2 unspecified atom stereocenters. The Balaban J connectivity index is 2.81. The molecule has 0 spiro atoms. The van der Waals surface area contributed by atoms with Crippen molar-refractivity contribution in [1.29, 1.82) is 0 Å². The molecule has 0 aliphatic carbocycles. The number of halogens is 6. The molecule has 0 N–H and O–H groups in total. The maximum absolute atomic E-state index is 12.3. The molecule has 0 aromatic rings. The van der Waals surface area contributed by atoms with Crippen molar-refractivity contribution in [3.05, 3.63) is 0 Å². The summed E-state index contributed by atoms with van der Waals surface area (Å²) in [5, 5.41) is 0. The lowest BCUT2D eigenvalue weighted by Gasteiger charge is -2.40. The molecule has 90 valence electrons. The summed E-state index contributed by atoms with van der Waals surface area (Å²) in [5.74, 6) is 0. The molecular formula is C7H9F6NO. The van der Waals surface area contributed by atoms with Crippen molar-refractivity contribution >= 4 is 0 Å². The highest BCUT2D eigenvalue weighted by molar-refractivity contribution is 4.88. The van der Waals surface area contributed by atoms with E-state index in [4.69, 9.17) is 0 Å². The van der Waals surface area contributed by atoms with Crippen LogP contribution in [-0.4, -0.2) is 49.6 Å². The van der Waals surface area contributed by atoms with Crippen molar-refractivity contribution in [1.82, 2.24) is 4.90 Å². The van der Waals surface area contributed by atoms with Gasteiger partial charge in [-0.05, 0) is 7.05 Å². The van der Waals surface area contributed by atoms with E-state index in [0.717, 1.165) is 7.05 Å². The van der Waals surface area contributed by atoms with Gasteiger partial charge in [0, 0.05) is 0 Å². The topological polar surface area (TPSA) is 12.5 Å². The van der Waals surface area contributed by atoms with E-state index in [1.54, 1.807) is 0 Å². The molecule has 1 fully saturated rings. The van der Waals surface area contributed by atoms with E-state index in [2.05, 4.69) is 4.74 Å². The second-order valence-electron chi connectivity index (χ2n) is 3.32. The minimum Gasteiger partial charge on any atom is -0.377 e. The summed E-state index contributed by atoms with van der Waals surface area (Å²) >= 11 is 0. The Hall–Kier alpha value is -0.500. The van der Waals surface area contributed by atoms with Gasteiger partial charge in [0.15, 0.2) is 0 Å². The van der Waals surface area contributed by atoms with Gasteiger partial charge in [-0.2, -0.15) is 26.3 Å². The van der Waals surface area contributed by atoms with Crippen LogP contribution in [-0.2, 0) is 4.74 Å². The fourth-order valence-electron chi connectivity index (χ4n) is 1.39. The molecule has 2 atom stereocenters. The van der Waals surface area contributed by atoms with Crippen molar-refractivity contribution in [3.8, 4) is 0 Å². The quantitative estimate of drug-likeness (QED) is 0.596. The SMILES string of the molecule is CN1C(C(F)(F)F)COCC1C(F)(F)F. The van der Waals surface area contributed by atoms with Gasteiger partial charge < -0.3 is 4.74 Å². The summed E-state index contributed by atoms with van der Waals surface area (Å²) < 4.78 is 77.9. The average Bonchev–Trinajstić information content (AvgIpc) is 1.99. The van der Waals surface area contributed by atoms with Crippen LogP contribution < -0.4 is 0 Å². The number of likely N-dealkylation sites (N-methyl/N-ethyl adjacent to an activating group) is 1.